The average Bonchev–Trinajstić information content (AvgIpc) is 2.95. The number of carbonyl (C=O) groups is 1. The first kappa shape index (κ1) is 14.5. The number of nitrogens with one attached hydrogen (secondary N) is 2. The molecule has 0 aliphatic carbocycles. The molecule has 2 aliphatic rings. The molecule has 0 saturated carbocycles. The second kappa shape index (κ2) is 6.58. The molecule has 1 aromatic carbocycles. The van der Waals surface area contributed by atoms with E-state index in [0.717, 1.165) is 50.8 Å². The number of rotatable bonds is 4. The zero-order valence-electron chi connectivity index (χ0n) is 12.7. The summed E-state index contributed by atoms with van der Waals surface area (Å²) in [6.45, 7) is 1.65. The van der Waals surface area contributed by atoms with Crippen LogP contribution in [0, 0.1) is 0 Å². The standard InChI is InChI=1S/C17H24N2O2/c1-18-16(11-14-5-3-9-21-14)13-7-6-12-4-2-8-19-17(20)15(12)10-13/h6-7,10,14,16,18H,2-5,8-9,11H2,1H3,(H,19,20). The number of hydrogen-bond acceptors (Lipinski definition) is 3. The highest BCUT2D eigenvalue weighted by Gasteiger charge is 2.23. The Bertz CT molecular complexity index is 510. The van der Waals surface area contributed by atoms with Gasteiger partial charge in [-0.15, -0.1) is 0 Å². The number of carbonyl (C=O) groups excluding carboxylic acids is 1. The third kappa shape index (κ3) is 3.27. The van der Waals surface area contributed by atoms with Gasteiger partial charge in [-0.1, -0.05) is 12.1 Å². The zero-order valence-corrected chi connectivity index (χ0v) is 12.7. The second-order valence-corrected chi connectivity index (χ2v) is 5.99. The van der Waals surface area contributed by atoms with E-state index in [2.05, 4.69) is 28.8 Å². The van der Waals surface area contributed by atoms with E-state index in [0.29, 0.717) is 6.10 Å². The highest BCUT2D eigenvalue weighted by molar-refractivity contribution is 5.96. The first-order valence-electron chi connectivity index (χ1n) is 7.98. The van der Waals surface area contributed by atoms with E-state index in [9.17, 15) is 4.79 Å². The van der Waals surface area contributed by atoms with Gasteiger partial charge in [-0.25, -0.2) is 0 Å². The molecule has 1 aromatic rings. The smallest absolute Gasteiger partial charge is 0.251 e. The molecule has 0 radical (unpaired) electrons. The summed E-state index contributed by atoms with van der Waals surface area (Å²) in [6.07, 6.45) is 5.61. The number of fused-ring (bicyclic) bond motifs is 1. The average molecular weight is 288 g/mol. The Hall–Kier alpha value is -1.39. The summed E-state index contributed by atoms with van der Waals surface area (Å²) in [7, 11) is 1.98. The van der Waals surface area contributed by atoms with Gasteiger partial charge in [0.15, 0.2) is 0 Å². The molecule has 2 aliphatic heterocycles. The molecule has 2 unspecified atom stereocenters. The Morgan fingerprint density at radius 2 is 2.33 bits per heavy atom. The lowest BCUT2D eigenvalue weighted by molar-refractivity contribution is 0.0952. The maximum absolute atomic E-state index is 12.2. The fourth-order valence-corrected chi connectivity index (χ4v) is 3.33. The van der Waals surface area contributed by atoms with Gasteiger partial charge in [0.05, 0.1) is 6.10 Å². The Morgan fingerprint density at radius 1 is 1.43 bits per heavy atom. The van der Waals surface area contributed by atoms with Gasteiger partial charge in [-0.05, 0) is 56.3 Å². The molecule has 1 fully saturated rings. The van der Waals surface area contributed by atoms with Gasteiger partial charge in [0.2, 0.25) is 0 Å². The lowest BCUT2D eigenvalue weighted by Crippen LogP contribution is -2.24. The van der Waals surface area contributed by atoms with Crippen molar-refractivity contribution in [2.75, 3.05) is 20.2 Å². The molecule has 4 heteroatoms. The minimum Gasteiger partial charge on any atom is -0.378 e. The van der Waals surface area contributed by atoms with E-state index in [1.54, 1.807) is 0 Å². The van der Waals surface area contributed by atoms with E-state index < -0.39 is 0 Å². The summed E-state index contributed by atoms with van der Waals surface area (Å²) < 4.78 is 5.74. The molecule has 2 atom stereocenters. The Balaban J connectivity index is 1.81. The fourth-order valence-electron chi connectivity index (χ4n) is 3.33. The first-order chi connectivity index (χ1) is 10.3. The van der Waals surface area contributed by atoms with Crippen molar-refractivity contribution in [3.05, 3.63) is 34.9 Å². The molecule has 0 bridgehead atoms. The SMILES string of the molecule is CNC(CC1CCCO1)c1ccc2c(c1)C(=O)NCCC2. The second-order valence-electron chi connectivity index (χ2n) is 5.99. The summed E-state index contributed by atoms with van der Waals surface area (Å²) in [5.41, 5.74) is 3.20. The van der Waals surface area contributed by atoms with Crippen LogP contribution in [-0.4, -0.2) is 32.2 Å². The van der Waals surface area contributed by atoms with E-state index in [1.165, 1.54) is 11.1 Å². The minimum atomic E-state index is 0.0660. The normalized spacial score (nSPS) is 23.3. The van der Waals surface area contributed by atoms with Crippen molar-refractivity contribution in [2.45, 2.75) is 44.2 Å². The highest BCUT2D eigenvalue weighted by Crippen LogP contribution is 2.27. The molecule has 114 valence electrons. The van der Waals surface area contributed by atoms with Gasteiger partial charge < -0.3 is 15.4 Å². The summed E-state index contributed by atoms with van der Waals surface area (Å²) in [4.78, 5) is 12.2. The van der Waals surface area contributed by atoms with Crippen LogP contribution in [0.3, 0.4) is 0 Å². The van der Waals surface area contributed by atoms with Crippen LogP contribution in [0.1, 0.15) is 53.2 Å². The summed E-state index contributed by atoms with van der Waals surface area (Å²) >= 11 is 0. The molecule has 0 aromatic heterocycles. The topological polar surface area (TPSA) is 50.4 Å². The van der Waals surface area contributed by atoms with E-state index >= 15 is 0 Å². The third-order valence-electron chi connectivity index (χ3n) is 4.56. The van der Waals surface area contributed by atoms with Crippen LogP contribution < -0.4 is 10.6 Å². The molecule has 3 rings (SSSR count). The maximum atomic E-state index is 12.2. The quantitative estimate of drug-likeness (QED) is 0.893. The number of aryl methyl sites for hydroxylation is 1. The fraction of sp³-hybridized carbons (Fsp3) is 0.588. The summed E-state index contributed by atoms with van der Waals surface area (Å²) in [5.74, 6) is 0.0660. The number of amides is 1. The van der Waals surface area contributed by atoms with Crippen LogP contribution in [0.2, 0.25) is 0 Å². The van der Waals surface area contributed by atoms with Crippen molar-refractivity contribution < 1.29 is 9.53 Å². The molecule has 4 nitrogen and oxygen atoms in total. The van der Waals surface area contributed by atoms with E-state index in [4.69, 9.17) is 4.74 Å². The van der Waals surface area contributed by atoms with E-state index in [-0.39, 0.29) is 11.9 Å². The monoisotopic (exact) mass is 288 g/mol. The van der Waals surface area contributed by atoms with Crippen molar-refractivity contribution >= 4 is 5.91 Å². The Labute approximate surface area is 126 Å². The largest absolute Gasteiger partial charge is 0.378 e. The lowest BCUT2D eigenvalue weighted by atomic mass is 9.94. The third-order valence-corrected chi connectivity index (χ3v) is 4.56. The van der Waals surface area contributed by atoms with Crippen LogP contribution >= 0.6 is 0 Å². The number of benzene rings is 1. The van der Waals surface area contributed by atoms with E-state index in [1.807, 2.05) is 7.05 Å². The lowest BCUT2D eigenvalue weighted by Gasteiger charge is -2.21. The van der Waals surface area contributed by atoms with Crippen molar-refractivity contribution in [2.24, 2.45) is 0 Å². The molecular weight excluding hydrogens is 264 g/mol. The maximum Gasteiger partial charge on any atom is 0.251 e. The summed E-state index contributed by atoms with van der Waals surface area (Å²) in [6, 6.07) is 6.59. The van der Waals surface area contributed by atoms with Gasteiger partial charge >= 0.3 is 0 Å². The molecule has 2 heterocycles. The van der Waals surface area contributed by atoms with Gasteiger partial charge in [-0.3, -0.25) is 4.79 Å². The Kier molecular flexibility index (Phi) is 4.56. The summed E-state index contributed by atoms with van der Waals surface area (Å²) in [5, 5.41) is 6.34. The molecule has 2 N–H and O–H groups in total. The van der Waals surface area contributed by atoms with Crippen molar-refractivity contribution in [1.82, 2.24) is 10.6 Å². The minimum absolute atomic E-state index is 0.0660. The van der Waals surface area contributed by atoms with Crippen LogP contribution in [0.25, 0.3) is 0 Å². The highest BCUT2D eigenvalue weighted by atomic mass is 16.5. The van der Waals surface area contributed by atoms with Crippen molar-refractivity contribution in [3.63, 3.8) is 0 Å². The van der Waals surface area contributed by atoms with Gasteiger partial charge in [0.25, 0.3) is 5.91 Å². The molecular formula is C17H24N2O2. The number of hydrogen-bond donors (Lipinski definition) is 2. The van der Waals surface area contributed by atoms with Crippen LogP contribution in [0.5, 0.6) is 0 Å². The van der Waals surface area contributed by atoms with Gasteiger partial charge in [-0.2, -0.15) is 0 Å². The Morgan fingerprint density at radius 3 is 3.10 bits per heavy atom. The van der Waals surface area contributed by atoms with Gasteiger partial charge in [0, 0.05) is 24.8 Å². The zero-order chi connectivity index (χ0) is 14.7. The van der Waals surface area contributed by atoms with Crippen LogP contribution in [-0.2, 0) is 11.2 Å². The van der Waals surface area contributed by atoms with Gasteiger partial charge in [0.1, 0.15) is 0 Å². The first-order valence-corrected chi connectivity index (χ1v) is 7.98. The predicted octanol–water partition coefficient (Wildman–Crippen LogP) is 2.19. The van der Waals surface area contributed by atoms with Crippen molar-refractivity contribution in [3.8, 4) is 0 Å². The molecule has 21 heavy (non-hydrogen) atoms. The predicted molar refractivity (Wildman–Crippen MR) is 82.5 cm³/mol. The van der Waals surface area contributed by atoms with Crippen LogP contribution in [0.15, 0.2) is 18.2 Å². The number of ether oxygens (including phenoxy) is 1. The van der Waals surface area contributed by atoms with Crippen LogP contribution in [0.4, 0.5) is 0 Å². The molecule has 1 amide bonds. The molecule has 1 saturated heterocycles. The van der Waals surface area contributed by atoms with Crippen molar-refractivity contribution in [1.29, 1.82) is 0 Å². The molecule has 0 spiro atoms.